The molecule has 4 rings (SSSR count). The third-order valence-corrected chi connectivity index (χ3v) is 8.71. The maximum atomic E-state index is 12.5. The number of fused-ring (bicyclic) bond motifs is 5. The summed E-state index contributed by atoms with van der Waals surface area (Å²) >= 11 is 0. The van der Waals surface area contributed by atoms with Crippen LogP contribution in [0.3, 0.4) is 0 Å². The van der Waals surface area contributed by atoms with E-state index in [1.165, 1.54) is 5.57 Å². The van der Waals surface area contributed by atoms with Crippen LogP contribution in [-0.2, 0) is 9.59 Å². The molecule has 4 aliphatic rings. The largest absolute Gasteiger partial charge is 0.388 e. The van der Waals surface area contributed by atoms with E-state index in [2.05, 4.69) is 19.9 Å². The summed E-state index contributed by atoms with van der Waals surface area (Å²) in [5.41, 5.74) is -0.725. The molecule has 4 aliphatic carbocycles. The molecule has 7 atom stereocenters. The Labute approximate surface area is 155 Å². The van der Waals surface area contributed by atoms with E-state index in [-0.39, 0.29) is 23.0 Å². The highest BCUT2D eigenvalue weighted by Gasteiger charge is 2.68. The average molecular weight is 358 g/mol. The van der Waals surface area contributed by atoms with Crippen LogP contribution in [0.4, 0.5) is 0 Å². The molecule has 0 amide bonds. The first-order valence-electron chi connectivity index (χ1n) is 9.99. The summed E-state index contributed by atoms with van der Waals surface area (Å²) in [4.78, 5) is 24.4. The van der Waals surface area contributed by atoms with Gasteiger partial charge in [0.15, 0.2) is 11.6 Å². The third-order valence-electron chi connectivity index (χ3n) is 8.71. The number of carbonyl (C=O) groups is 2. The molecule has 1 unspecified atom stereocenters. The molecule has 0 spiro atoms. The molecular weight excluding hydrogens is 328 g/mol. The van der Waals surface area contributed by atoms with E-state index in [1.54, 1.807) is 6.08 Å². The molecule has 0 saturated heterocycles. The summed E-state index contributed by atoms with van der Waals surface area (Å²) in [5, 5.41) is 20.9. The highest BCUT2D eigenvalue weighted by Crippen LogP contribution is 2.68. The molecule has 26 heavy (non-hydrogen) atoms. The number of aliphatic hydroxyl groups is 2. The van der Waals surface area contributed by atoms with E-state index in [4.69, 9.17) is 0 Å². The Morgan fingerprint density at radius 1 is 1.27 bits per heavy atom. The fourth-order valence-electron chi connectivity index (χ4n) is 7.25. The lowest BCUT2D eigenvalue weighted by Gasteiger charge is -2.58. The summed E-state index contributed by atoms with van der Waals surface area (Å²) in [6.45, 7) is 5.69. The Bertz CT molecular complexity index is 722. The molecule has 3 saturated carbocycles. The van der Waals surface area contributed by atoms with Crippen LogP contribution >= 0.6 is 0 Å². The highest BCUT2D eigenvalue weighted by atomic mass is 16.3. The highest BCUT2D eigenvalue weighted by molar-refractivity contribution is 6.01. The van der Waals surface area contributed by atoms with Gasteiger partial charge in [0.2, 0.25) is 0 Å². The van der Waals surface area contributed by atoms with Crippen LogP contribution in [0.2, 0.25) is 0 Å². The molecule has 142 valence electrons. The van der Waals surface area contributed by atoms with Gasteiger partial charge >= 0.3 is 0 Å². The van der Waals surface area contributed by atoms with Crippen molar-refractivity contribution >= 4 is 11.6 Å². The number of carbonyl (C=O) groups excluding carboxylic acids is 2. The van der Waals surface area contributed by atoms with Gasteiger partial charge in [-0.2, -0.15) is 0 Å². The molecular formula is C22H30O4. The number of allylic oxidation sites excluding steroid dienone is 4. The van der Waals surface area contributed by atoms with E-state index < -0.39 is 23.4 Å². The predicted octanol–water partition coefficient (Wildman–Crippen LogP) is 2.83. The van der Waals surface area contributed by atoms with E-state index in [1.807, 2.05) is 13.0 Å². The topological polar surface area (TPSA) is 74.6 Å². The minimum absolute atomic E-state index is 0.0803. The fourth-order valence-corrected chi connectivity index (χ4v) is 7.25. The number of Topliss-reactive ketones (excluding diaryl/α,β-unsaturated/α-hetero) is 1. The smallest absolute Gasteiger partial charge is 0.190 e. The van der Waals surface area contributed by atoms with Crippen LogP contribution < -0.4 is 0 Å². The van der Waals surface area contributed by atoms with E-state index in [9.17, 15) is 19.8 Å². The molecule has 0 aromatic heterocycles. The second-order valence-electron chi connectivity index (χ2n) is 9.54. The maximum Gasteiger partial charge on any atom is 0.190 e. The summed E-state index contributed by atoms with van der Waals surface area (Å²) in [6, 6.07) is 0. The summed E-state index contributed by atoms with van der Waals surface area (Å²) in [6.07, 6.45) is 10.1. The molecule has 4 heteroatoms. The van der Waals surface area contributed by atoms with E-state index >= 15 is 0 Å². The number of hydrogen-bond donors (Lipinski definition) is 2. The van der Waals surface area contributed by atoms with Crippen molar-refractivity contribution in [3.63, 3.8) is 0 Å². The van der Waals surface area contributed by atoms with Crippen molar-refractivity contribution in [2.24, 2.45) is 34.5 Å². The van der Waals surface area contributed by atoms with Crippen molar-refractivity contribution < 1.29 is 19.8 Å². The normalized spacial score (nSPS) is 49.9. The van der Waals surface area contributed by atoms with Gasteiger partial charge in [0, 0.05) is 10.8 Å². The van der Waals surface area contributed by atoms with Crippen molar-refractivity contribution in [1.82, 2.24) is 0 Å². The molecule has 0 bridgehead atoms. The van der Waals surface area contributed by atoms with Gasteiger partial charge in [-0.3, -0.25) is 9.59 Å². The van der Waals surface area contributed by atoms with Crippen LogP contribution in [0.25, 0.3) is 0 Å². The Balaban J connectivity index is 1.72. The van der Waals surface area contributed by atoms with Crippen LogP contribution in [0, 0.1) is 34.5 Å². The monoisotopic (exact) mass is 358 g/mol. The average Bonchev–Trinajstić information content (AvgIpc) is 2.83. The minimum atomic E-state index is -1.42. The van der Waals surface area contributed by atoms with Crippen LogP contribution in [0.15, 0.2) is 23.8 Å². The SMILES string of the molecule is CC1C[C@H]2[C@@H]3CCC4=CC(=O)C=C[C@]4(C)[C@H]3CC[C@]2(C)[C@@]1(O)C(=O)CO. The fraction of sp³-hybridized carbons (Fsp3) is 0.727. The van der Waals surface area contributed by atoms with Crippen molar-refractivity contribution in [2.75, 3.05) is 6.61 Å². The van der Waals surface area contributed by atoms with Crippen LogP contribution in [0.5, 0.6) is 0 Å². The molecule has 3 fully saturated rings. The van der Waals surface area contributed by atoms with Gasteiger partial charge in [-0.1, -0.05) is 32.4 Å². The number of ketones is 2. The lowest BCUT2D eigenvalue weighted by molar-refractivity contribution is -0.169. The zero-order chi connectivity index (χ0) is 18.9. The second-order valence-corrected chi connectivity index (χ2v) is 9.54. The lowest BCUT2D eigenvalue weighted by Crippen LogP contribution is -2.59. The quantitative estimate of drug-likeness (QED) is 0.796. The Hall–Kier alpha value is -1.26. The standard InChI is InChI=1S/C22H30O4/c1-13-10-18-16-5-4-14-11-15(24)6-8-20(14,2)17(16)7-9-21(18,3)22(13,26)19(25)12-23/h6,8,11,13,16-18,23,26H,4-5,7,9-10,12H2,1-3H3/t13?,16-,17+,18+,20+,21+,22+/m1/s1. The first kappa shape index (κ1) is 18.1. The van der Waals surface area contributed by atoms with Gasteiger partial charge in [0.1, 0.15) is 12.2 Å². The zero-order valence-corrected chi connectivity index (χ0v) is 16.0. The minimum Gasteiger partial charge on any atom is -0.388 e. The molecule has 0 aromatic carbocycles. The molecule has 0 aromatic rings. The van der Waals surface area contributed by atoms with Crippen LogP contribution in [0.1, 0.15) is 52.9 Å². The Morgan fingerprint density at radius 3 is 2.69 bits per heavy atom. The number of hydrogen-bond acceptors (Lipinski definition) is 4. The van der Waals surface area contributed by atoms with Crippen molar-refractivity contribution in [1.29, 1.82) is 0 Å². The zero-order valence-electron chi connectivity index (χ0n) is 16.0. The van der Waals surface area contributed by atoms with Crippen molar-refractivity contribution in [3.05, 3.63) is 23.8 Å². The summed E-state index contributed by atoms with van der Waals surface area (Å²) < 4.78 is 0. The van der Waals surface area contributed by atoms with Gasteiger partial charge in [0.25, 0.3) is 0 Å². The van der Waals surface area contributed by atoms with E-state index in [0.29, 0.717) is 11.8 Å². The molecule has 2 N–H and O–H groups in total. The molecule has 0 aliphatic heterocycles. The molecule has 4 nitrogen and oxygen atoms in total. The van der Waals surface area contributed by atoms with Crippen molar-refractivity contribution in [2.45, 2.75) is 58.5 Å². The predicted molar refractivity (Wildman–Crippen MR) is 98.2 cm³/mol. The summed E-state index contributed by atoms with van der Waals surface area (Å²) in [7, 11) is 0. The first-order chi connectivity index (χ1) is 12.2. The third kappa shape index (κ3) is 2.03. The summed E-state index contributed by atoms with van der Waals surface area (Å²) in [5.74, 6) is 0.707. The van der Waals surface area contributed by atoms with Crippen molar-refractivity contribution in [3.8, 4) is 0 Å². The lowest BCUT2D eigenvalue weighted by atomic mass is 9.47. The Kier molecular flexibility index (Phi) is 3.92. The van der Waals surface area contributed by atoms with E-state index in [0.717, 1.165) is 32.1 Å². The molecule has 0 heterocycles. The Morgan fingerprint density at radius 2 is 2.00 bits per heavy atom. The van der Waals surface area contributed by atoms with Gasteiger partial charge < -0.3 is 10.2 Å². The first-order valence-corrected chi connectivity index (χ1v) is 9.99. The molecule has 0 radical (unpaired) electrons. The number of aliphatic hydroxyl groups excluding tert-OH is 1. The maximum absolute atomic E-state index is 12.5. The van der Waals surface area contributed by atoms with Gasteiger partial charge in [0.05, 0.1) is 0 Å². The van der Waals surface area contributed by atoms with Gasteiger partial charge in [-0.25, -0.2) is 0 Å². The number of rotatable bonds is 2. The van der Waals surface area contributed by atoms with Gasteiger partial charge in [-0.15, -0.1) is 0 Å². The van der Waals surface area contributed by atoms with Crippen LogP contribution in [-0.4, -0.2) is 34.0 Å². The second kappa shape index (κ2) is 5.62. The van der Waals surface area contributed by atoms with Gasteiger partial charge in [-0.05, 0) is 67.9 Å².